The van der Waals surface area contributed by atoms with Gasteiger partial charge in [-0.2, -0.15) is 0 Å². The van der Waals surface area contributed by atoms with Gasteiger partial charge in [0.1, 0.15) is 6.54 Å². The quantitative estimate of drug-likeness (QED) is 0.221. The number of nitrogens with zero attached hydrogens (tertiary/aromatic N) is 3. The number of carbonyl (C=O) groups excluding carboxylic acids is 3. The molecule has 1 aliphatic heterocycles. The van der Waals surface area contributed by atoms with Crippen LogP contribution < -0.4 is 0 Å². The van der Waals surface area contributed by atoms with Gasteiger partial charge in [0, 0.05) is 34.8 Å². The Morgan fingerprint density at radius 2 is 1.97 bits per heavy atom. The first-order valence-electron chi connectivity index (χ1n) is 10.1. The van der Waals surface area contributed by atoms with Gasteiger partial charge in [0.15, 0.2) is 0 Å². The predicted octanol–water partition coefficient (Wildman–Crippen LogP) is 4.35. The third-order valence-corrected chi connectivity index (χ3v) is 5.95. The molecule has 33 heavy (non-hydrogen) atoms. The van der Waals surface area contributed by atoms with Gasteiger partial charge >= 0.3 is 5.97 Å². The fraction of sp³-hybridized carbons (Fsp3) is 0.174. The Bertz CT molecular complexity index is 1310. The van der Waals surface area contributed by atoms with E-state index in [2.05, 4.69) is 0 Å². The van der Waals surface area contributed by atoms with Crippen LogP contribution in [-0.2, 0) is 27.4 Å². The molecule has 0 atom stereocenters. The number of imide groups is 1. The van der Waals surface area contributed by atoms with Crippen molar-refractivity contribution in [3.05, 3.63) is 80.9 Å². The molecule has 1 aliphatic rings. The monoisotopic (exact) mass is 465 g/mol. The molecule has 0 bridgehead atoms. The van der Waals surface area contributed by atoms with Gasteiger partial charge < -0.3 is 9.30 Å². The Balaban J connectivity index is 1.62. The minimum Gasteiger partial charge on any atom is -0.465 e. The molecule has 1 fully saturated rings. The molecule has 0 N–H and O–H groups in total. The average Bonchev–Trinajstić information content (AvgIpc) is 3.26. The number of fused-ring (bicyclic) bond motifs is 1. The van der Waals surface area contributed by atoms with Gasteiger partial charge in [0.25, 0.3) is 16.8 Å². The Kier molecular flexibility index (Phi) is 6.27. The van der Waals surface area contributed by atoms with Crippen molar-refractivity contribution in [3.8, 4) is 0 Å². The van der Waals surface area contributed by atoms with Gasteiger partial charge in [0.05, 0.1) is 23.0 Å². The number of esters is 1. The van der Waals surface area contributed by atoms with Gasteiger partial charge in [-0.1, -0.05) is 30.3 Å². The minimum atomic E-state index is -0.525. The van der Waals surface area contributed by atoms with Crippen LogP contribution in [0, 0.1) is 10.1 Å². The zero-order chi connectivity index (χ0) is 23.5. The van der Waals surface area contributed by atoms with Gasteiger partial charge in [-0.25, -0.2) is 0 Å². The number of hydrogen-bond acceptors (Lipinski definition) is 7. The Hall–Kier alpha value is -3.92. The molecule has 0 unspecified atom stereocenters. The average molecular weight is 465 g/mol. The van der Waals surface area contributed by atoms with E-state index in [9.17, 15) is 24.5 Å². The van der Waals surface area contributed by atoms with E-state index in [0.29, 0.717) is 11.1 Å². The van der Waals surface area contributed by atoms with Gasteiger partial charge in [-0.15, -0.1) is 0 Å². The zero-order valence-electron chi connectivity index (χ0n) is 17.6. The summed E-state index contributed by atoms with van der Waals surface area (Å²) >= 11 is 0.810. The highest BCUT2D eigenvalue weighted by Crippen LogP contribution is 2.35. The smallest absolute Gasteiger partial charge is 0.325 e. The second-order valence-electron chi connectivity index (χ2n) is 7.23. The van der Waals surface area contributed by atoms with Crippen LogP contribution in [0.2, 0.25) is 0 Å². The molecular formula is C23H19N3O6S. The van der Waals surface area contributed by atoms with Crippen LogP contribution >= 0.6 is 11.8 Å². The highest BCUT2D eigenvalue weighted by molar-refractivity contribution is 8.18. The van der Waals surface area contributed by atoms with E-state index in [1.54, 1.807) is 29.8 Å². The van der Waals surface area contributed by atoms with Crippen molar-refractivity contribution >= 4 is 51.5 Å². The maximum Gasteiger partial charge on any atom is 0.325 e. The van der Waals surface area contributed by atoms with E-state index < -0.39 is 16.1 Å². The SMILES string of the molecule is CCOC(=O)Cn1cc(/C=C2\SC(=O)N(Cc3cccc([N+](=O)[O-])c3)C2=O)c2ccccc21. The van der Waals surface area contributed by atoms with Crippen molar-refractivity contribution in [1.29, 1.82) is 0 Å². The van der Waals surface area contributed by atoms with Crippen molar-refractivity contribution in [3.63, 3.8) is 0 Å². The fourth-order valence-electron chi connectivity index (χ4n) is 3.60. The highest BCUT2D eigenvalue weighted by atomic mass is 32.2. The van der Waals surface area contributed by atoms with E-state index in [4.69, 9.17) is 4.74 Å². The predicted molar refractivity (Wildman–Crippen MR) is 123 cm³/mol. The molecule has 0 aliphatic carbocycles. The first-order valence-corrected chi connectivity index (χ1v) is 10.9. The number of nitro benzene ring substituents is 1. The Morgan fingerprint density at radius 1 is 1.18 bits per heavy atom. The Morgan fingerprint density at radius 3 is 2.73 bits per heavy atom. The Labute approximate surface area is 192 Å². The molecule has 0 saturated carbocycles. The lowest BCUT2D eigenvalue weighted by Crippen LogP contribution is -2.27. The number of hydrogen-bond donors (Lipinski definition) is 0. The summed E-state index contributed by atoms with van der Waals surface area (Å²) in [6.07, 6.45) is 3.37. The number of ether oxygens (including phenoxy) is 1. The summed E-state index contributed by atoms with van der Waals surface area (Å²) in [5, 5.41) is 11.4. The van der Waals surface area contributed by atoms with Gasteiger partial charge in [-0.3, -0.25) is 29.4 Å². The van der Waals surface area contributed by atoms with Crippen LogP contribution in [-0.4, -0.2) is 38.1 Å². The lowest BCUT2D eigenvalue weighted by Gasteiger charge is -2.12. The number of carbonyl (C=O) groups is 3. The molecule has 0 radical (unpaired) electrons. The number of rotatable bonds is 7. The van der Waals surface area contributed by atoms with E-state index >= 15 is 0 Å². The molecule has 9 nitrogen and oxygen atoms in total. The molecule has 2 heterocycles. The van der Waals surface area contributed by atoms with E-state index in [1.807, 2.05) is 24.3 Å². The third kappa shape index (κ3) is 4.65. The largest absolute Gasteiger partial charge is 0.465 e. The maximum absolute atomic E-state index is 13.0. The number of benzene rings is 2. The molecule has 168 valence electrons. The highest BCUT2D eigenvalue weighted by Gasteiger charge is 2.35. The van der Waals surface area contributed by atoms with Crippen molar-refractivity contribution in [2.75, 3.05) is 6.61 Å². The van der Waals surface area contributed by atoms with E-state index in [-0.39, 0.29) is 36.3 Å². The summed E-state index contributed by atoms with van der Waals surface area (Å²) in [6.45, 7) is 1.98. The summed E-state index contributed by atoms with van der Waals surface area (Å²) in [4.78, 5) is 49.2. The van der Waals surface area contributed by atoms with Crippen LogP contribution in [0.25, 0.3) is 17.0 Å². The standard InChI is InChI=1S/C23H19N3O6S/c1-2-32-21(27)14-24-13-16(18-8-3-4-9-19(18)24)11-20-22(28)25(23(29)33-20)12-15-6-5-7-17(10-15)26(30)31/h3-11,13H,2,12,14H2,1H3/b20-11-. The summed E-state index contributed by atoms with van der Waals surface area (Å²) in [7, 11) is 0. The minimum absolute atomic E-state index is 0.0243. The van der Waals surface area contributed by atoms with Crippen molar-refractivity contribution in [1.82, 2.24) is 9.47 Å². The molecule has 4 rings (SSSR count). The molecular weight excluding hydrogens is 446 g/mol. The van der Waals surface area contributed by atoms with Crippen LogP contribution in [0.5, 0.6) is 0 Å². The maximum atomic E-state index is 13.0. The third-order valence-electron chi connectivity index (χ3n) is 5.05. The molecule has 2 amide bonds. The first kappa shape index (κ1) is 22.3. The first-order chi connectivity index (χ1) is 15.9. The van der Waals surface area contributed by atoms with Crippen LogP contribution in [0.4, 0.5) is 10.5 Å². The number of nitro groups is 1. The molecule has 3 aromatic rings. The van der Waals surface area contributed by atoms with E-state index in [1.165, 1.54) is 18.2 Å². The second kappa shape index (κ2) is 9.29. The summed E-state index contributed by atoms with van der Waals surface area (Å²) in [5.41, 5.74) is 1.87. The van der Waals surface area contributed by atoms with E-state index in [0.717, 1.165) is 27.6 Å². The number of para-hydroxylation sites is 1. The number of non-ortho nitro benzene ring substituents is 1. The second-order valence-corrected chi connectivity index (χ2v) is 8.22. The fourth-order valence-corrected chi connectivity index (χ4v) is 4.42. The normalized spacial score (nSPS) is 14.9. The van der Waals surface area contributed by atoms with Crippen molar-refractivity contribution in [2.24, 2.45) is 0 Å². The molecule has 10 heteroatoms. The van der Waals surface area contributed by atoms with Crippen molar-refractivity contribution < 1.29 is 24.0 Å². The van der Waals surface area contributed by atoms with Gasteiger partial charge in [-0.05, 0) is 36.4 Å². The number of aromatic nitrogens is 1. The topological polar surface area (TPSA) is 112 Å². The number of thioether (sulfide) groups is 1. The lowest BCUT2D eigenvalue weighted by molar-refractivity contribution is -0.384. The summed E-state index contributed by atoms with van der Waals surface area (Å²) < 4.78 is 6.78. The molecule has 0 spiro atoms. The molecule has 1 aromatic heterocycles. The number of amides is 2. The lowest BCUT2D eigenvalue weighted by atomic mass is 10.1. The van der Waals surface area contributed by atoms with Crippen molar-refractivity contribution in [2.45, 2.75) is 20.0 Å². The van der Waals surface area contributed by atoms with Crippen LogP contribution in [0.15, 0.2) is 59.6 Å². The summed E-state index contributed by atoms with van der Waals surface area (Å²) in [6, 6.07) is 13.3. The van der Waals surface area contributed by atoms with Crippen LogP contribution in [0.3, 0.4) is 0 Å². The molecule has 2 aromatic carbocycles. The molecule has 1 saturated heterocycles. The summed E-state index contributed by atoms with van der Waals surface area (Å²) in [5.74, 6) is -0.846. The zero-order valence-corrected chi connectivity index (χ0v) is 18.4. The van der Waals surface area contributed by atoms with Gasteiger partial charge in [0.2, 0.25) is 0 Å². The van der Waals surface area contributed by atoms with Crippen LogP contribution in [0.1, 0.15) is 18.1 Å².